The number of phenolic OH excluding ortho intramolecular Hbond substituents is 1. The molecule has 0 saturated heterocycles. The minimum absolute atomic E-state index is 0.0821. The van der Waals surface area contributed by atoms with E-state index in [9.17, 15) is 9.90 Å². The third-order valence-electron chi connectivity index (χ3n) is 4.38. The van der Waals surface area contributed by atoms with Crippen LogP contribution >= 0.6 is 0 Å². The molecule has 2 heterocycles. The van der Waals surface area contributed by atoms with Crippen LogP contribution in [0.2, 0.25) is 0 Å². The number of phenols is 1. The Morgan fingerprint density at radius 2 is 2.00 bits per heavy atom. The predicted molar refractivity (Wildman–Crippen MR) is 103 cm³/mol. The Labute approximate surface area is 161 Å². The van der Waals surface area contributed by atoms with Crippen LogP contribution in [0.15, 0.2) is 57.7 Å². The molecule has 0 bridgehead atoms. The molecule has 0 amide bonds. The molecule has 7 nitrogen and oxygen atoms in total. The van der Waals surface area contributed by atoms with Gasteiger partial charge in [-0.25, -0.2) is 4.79 Å². The second kappa shape index (κ2) is 8.22. The molecule has 4 rings (SSSR count). The first-order valence-electron chi connectivity index (χ1n) is 9.17. The molecular formula is C21H21NO6. The van der Waals surface area contributed by atoms with E-state index in [1.807, 2.05) is 12.1 Å². The molecular weight excluding hydrogens is 362 g/mol. The van der Waals surface area contributed by atoms with Crippen molar-refractivity contribution in [2.24, 2.45) is 0 Å². The monoisotopic (exact) mass is 383 g/mol. The van der Waals surface area contributed by atoms with Gasteiger partial charge in [-0.05, 0) is 43.3 Å². The van der Waals surface area contributed by atoms with Gasteiger partial charge >= 0.3 is 5.63 Å². The zero-order valence-electron chi connectivity index (χ0n) is 15.2. The van der Waals surface area contributed by atoms with Crippen molar-refractivity contribution in [1.82, 2.24) is 5.32 Å². The van der Waals surface area contributed by atoms with Crippen LogP contribution in [0.1, 0.15) is 6.42 Å². The van der Waals surface area contributed by atoms with E-state index in [2.05, 4.69) is 5.32 Å². The Kier molecular flexibility index (Phi) is 5.34. The highest BCUT2D eigenvalue weighted by Crippen LogP contribution is 2.34. The summed E-state index contributed by atoms with van der Waals surface area (Å²) >= 11 is 0. The summed E-state index contributed by atoms with van der Waals surface area (Å²) in [5.41, 5.74) is 0.147. The lowest BCUT2D eigenvalue weighted by atomic mass is 10.2. The van der Waals surface area contributed by atoms with Crippen molar-refractivity contribution in [1.29, 1.82) is 0 Å². The van der Waals surface area contributed by atoms with Crippen molar-refractivity contribution in [3.63, 3.8) is 0 Å². The summed E-state index contributed by atoms with van der Waals surface area (Å²) in [5, 5.41) is 13.6. The second-order valence-electron chi connectivity index (χ2n) is 6.54. The quantitative estimate of drug-likeness (QED) is 0.479. The summed E-state index contributed by atoms with van der Waals surface area (Å²) in [4.78, 5) is 11.3. The SMILES string of the molecule is O=c1ccc2ccc(OCCCNC[C@H]3COc4cc(O)ccc4O3)cc2o1. The smallest absolute Gasteiger partial charge is 0.336 e. The first-order valence-corrected chi connectivity index (χ1v) is 9.17. The maximum atomic E-state index is 11.3. The first-order chi connectivity index (χ1) is 13.7. The van der Waals surface area contributed by atoms with E-state index in [0.717, 1.165) is 18.4 Å². The first kappa shape index (κ1) is 18.2. The van der Waals surface area contributed by atoms with E-state index >= 15 is 0 Å². The number of fused-ring (bicyclic) bond motifs is 2. The number of nitrogens with one attached hydrogen (secondary N) is 1. The van der Waals surface area contributed by atoms with Crippen molar-refractivity contribution in [3.8, 4) is 23.0 Å². The Balaban J connectivity index is 1.18. The maximum absolute atomic E-state index is 11.3. The van der Waals surface area contributed by atoms with Crippen LogP contribution in [0.4, 0.5) is 0 Å². The Morgan fingerprint density at radius 3 is 2.93 bits per heavy atom. The molecule has 28 heavy (non-hydrogen) atoms. The van der Waals surface area contributed by atoms with E-state index < -0.39 is 0 Å². The standard InChI is InChI=1S/C21H21NO6/c23-15-4-6-18-20(10-15)26-13-17(27-18)12-22-8-1-9-25-16-5-2-14-3-7-21(24)28-19(14)11-16/h2-7,10-11,17,22-23H,1,8-9,12-13H2/t17-/m0/s1. The number of ether oxygens (including phenoxy) is 3. The molecule has 2 N–H and O–H groups in total. The molecule has 0 aliphatic carbocycles. The van der Waals surface area contributed by atoms with Gasteiger partial charge in [-0.2, -0.15) is 0 Å². The van der Waals surface area contributed by atoms with E-state index in [1.54, 1.807) is 30.3 Å². The van der Waals surface area contributed by atoms with E-state index in [0.29, 0.717) is 42.6 Å². The summed E-state index contributed by atoms with van der Waals surface area (Å²) in [6, 6.07) is 13.4. The lowest BCUT2D eigenvalue weighted by Gasteiger charge is -2.26. The Morgan fingerprint density at radius 1 is 1.11 bits per heavy atom. The number of hydrogen-bond acceptors (Lipinski definition) is 7. The summed E-state index contributed by atoms with van der Waals surface area (Å²) in [6.45, 7) is 2.40. The molecule has 0 saturated carbocycles. The molecule has 1 aromatic heterocycles. The van der Waals surface area contributed by atoms with Crippen molar-refractivity contribution in [2.45, 2.75) is 12.5 Å². The van der Waals surface area contributed by atoms with Crippen LogP contribution in [-0.4, -0.2) is 37.5 Å². The molecule has 7 heteroatoms. The highest BCUT2D eigenvalue weighted by atomic mass is 16.6. The van der Waals surface area contributed by atoms with Gasteiger partial charge in [0, 0.05) is 30.1 Å². The van der Waals surface area contributed by atoms with Gasteiger partial charge in [0.2, 0.25) is 0 Å². The lowest BCUT2D eigenvalue weighted by Crippen LogP contribution is -2.39. The number of hydrogen-bond donors (Lipinski definition) is 2. The van der Waals surface area contributed by atoms with E-state index in [-0.39, 0.29) is 17.5 Å². The molecule has 1 aliphatic rings. The maximum Gasteiger partial charge on any atom is 0.336 e. The summed E-state index contributed by atoms with van der Waals surface area (Å²) < 4.78 is 22.3. The second-order valence-corrected chi connectivity index (χ2v) is 6.54. The van der Waals surface area contributed by atoms with Gasteiger partial charge in [-0.3, -0.25) is 0 Å². The van der Waals surface area contributed by atoms with Crippen LogP contribution in [0.25, 0.3) is 11.0 Å². The largest absolute Gasteiger partial charge is 0.508 e. The van der Waals surface area contributed by atoms with Gasteiger partial charge in [-0.1, -0.05) is 0 Å². The zero-order chi connectivity index (χ0) is 19.3. The van der Waals surface area contributed by atoms with Crippen molar-refractivity contribution >= 4 is 11.0 Å². The number of aromatic hydroxyl groups is 1. The van der Waals surface area contributed by atoms with Gasteiger partial charge in [0.1, 0.15) is 29.8 Å². The third kappa shape index (κ3) is 4.37. The minimum Gasteiger partial charge on any atom is -0.508 e. The third-order valence-corrected chi connectivity index (χ3v) is 4.38. The molecule has 0 spiro atoms. The van der Waals surface area contributed by atoms with Crippen LogP contribution in [0.3, 0.4) is 0 Å². The minimum atomic E-state index is -0.373. The fourth-order valence-corrected chi connectivity index (χ4v) is 2.98. The lowest BCUT2D eigenvalue weighted by molar-refractivity contribution is 0.0899. The topological polar surface area (TPSA) is 90.2 Å². The van der Waals surface area contributed by atoms with Gasteiger partial charge in [0.25, 0.3) is 0 Å². The van der Waals surface area contributed by atoms with Crippen molar-refractivity contribution < 1.29 is 23.7 Å². The molecule has 3 aromatic rings. The molecule has 0 radical (unpaired) electrons. The summed E-state index contributed by atoms with van der Waals surface area (Å²) in [6.07, 6.45) is 0.732. The molecule has 1 aliphatic heterocycles. The predicted octanol–water partition coefficient (Wildman–Crippen LogP) is 2.70. The molecule has 2 aromatic carbocycles. The normalized spacial score (nSPS) is 15.5. The zero-order valence-corrected chi connectivity index (χ0v) is 15.2. The molecule has 146 valence electrons. The molecule has 0 fully saturated rings. The fourth-order valence-electron chi connectivity index (χ4n) is 2.98. The Bertz CT molecular complexity index is 1020. The average molecular weight is 383 g/mol. The highest BCUT2D eigenvalue weighted by molar-refractivity contribution is 5.77. The molecule has 1 atom stereocenters. The van der Waals surface area contributed by atoms with Gasteiger partial charge in [-0.15, -0.1) is 0 Å². The van der Waals surface area contributed by atoms with Crippen LogP contribution in [0.5, 0.6) is 23.0 Å². The number of rotatable bonds is 7. The van der Waals surface area contributed by atoms with Crippen molar-refractivity contribution in [3.05, 3.63) is 59.0 Å². The number of benzene rings is 2. The van der Waals surface area contributed by atoms with Gasteiger partial charge in [0.05, 0.1) is 6.61 Å². The van der Waals surface area contributed by atoms with Crippen LogP contribution < -0.4 is 25.2 Å². The molecule has 0 unspecified atom stereocenters. The fraction of sp³-hybridized carbons (Fsp3) is 0.286. The summed E-state index contributed by atoms with van der Waals surface area (Å²) in [5.74, 6) is 2.04. The van der Waals surface area contributed by atoms with Gasteiger partial charge in [0.15, 0.2) is 11.5 Å². The van der Waals surface area contributed by atoms with Crippen LogP contribution in [0, 0.1) is 0 Å². The van der Waals surface area contributed by atoms with E-state index in [4.69, 9.17) is 18.6 Å². The van der Waals surface area contributed by atoms with Crippen LogP contribution in [-0.2, 0) is 0 Å². The van der Waals surface area contributed by atoms with E-state index in [1.165, 1.54) is 6.07 Å². The highest BCUT2D eigenvalue weighted by Gasteiger charge is 2.20. The summed E-state index contributed by atoms with van der Waals surface area (Å²) in [7, 11) is 0. The Hall–Kier alpha value is -3.19. The average Bonchev–Trinajstić information content (AvgIpc) is 2.70. The van der Waals surface area contributed by atoms with Crippen molar-refractivity contribution in [2.75, 3.05) is 26.3 Å². The van der Waals surface area contributed by atoms with Gasteiger partial charge < -0.3 is 29.1 Å².